The molecule has 1 aliphatic heterocycles. The van der Waals surface area contributed by atoms with Crippen LogP contribution in [0, 0.1) is 5.82 Å². The van der Waals surface area contributed by atoms with Crippen LogP contribution in [0.4, 0.5) is 10.1 Å². The fraction of sp³-hybridized carbons (Fsp3) is 0.154. The molecule has 0 radical (unpaired) electrons. The summed E-state index contributed by atoms with van der Waals surface area (Å²) in [4.78, 5) is 27.4. The van der Waals surface area contributed by atoms with Crippen LogP contribution >= 0.6 is 11.6 Å². The Morgan fingerprint density at radius 1 is 1.06 bits per heavy atom. The summed E-state index contributed by atoms with van der Waals surface area (Å²) in [7, 11) is 0. The highest BCUT2D eigenvalue weighted by Gasteiger charge is 2.47. The third-order valence-electron chi connectivity index (χ3n) is 5.31. The molecular formula is C26H21ClFNO4. The smallest absolute Gasteiger partial charge is 0.300 e. The van der Waals surface area contributed by atoms with Crippen molar-refractivity contribution >= 4 is 34.7 Å². The molecule has 1 N–H and O–H groups in total. The summed E-state index contributed by atoms with van der Waals surface area (Å²) in [5.41, 5.74) is 0.472. The van der Waals surface area contributed by atoms with Crippen molar-refractivity contribution in [2.75, 3.05) is 11.5 Å². The molecule has 3 aromatic rings. The SMILES string of the molecule is CCCOc1cccc(/C(O)=C2\C(=O)C(=O)N(c3cccc(Cl)c3)C2c2ccccc2F)c1. The van der Waals surface area contributed by atoms with Crippen molar-refractivity contribution in [3.63, 3.8) is 0 Å². The Kier molecular flexibility index (Phi) is 6.47. The van der Waals surface area contributed by atoms with E-state index >= 15 is 0 Å². The maximum Gasteiger partial charge on any atom is 0.300 e. The number of carbonyl (C=O) groups is 2. The van der Waals surface area contributed by atoms with Gasteiger partial charge >= 0.3 is 0 Å². The topological polar surface area (TPSA) is 66.8 Å². The van der Waals surface area contributed by atoms with Crippen molar-refractivity contribution in [1.29, 1.82) is 0 Å². The average molecular weight is 466 g/mol. The first-order valence-electron chi connectivity index (χ1n) is 10.5. The average Bonchev–Trinajstić information content (AvgIpc) is 3.08. The quantitative estimate of drug-likeness (QED) is 0.280. The Labute approximate surface area is 195 Å². The number of carbonyl (C=O) groups excluding carboxylic acids is 2. The van der Waals surface area contributed by atoms with Gasteiger partial charge in [0.25, 0.3) is 11.7 Å². The first-order valence-corrected chi connectivity index (χ1v) is 10.8. The van der Waals surface area contributed by atoms with Crippen LogP contribution in [0.2, 0.25) is 5.02 Å². The van der Waals surface area contributed by atoms with Crippen molar-refractivity contribution < 1.29 is 23.8 Å². The van der Waals surface area contributed by atoms with Gasteiger partial charge in [0.1, 0.15) is 17.3 Å². The number of ether oxygens (including phenoxy) is 1. The van der Waals surface area contributed by atoms with Crippen molar-refractivity contribution in [1.82, 2.24) is 0 Å². The van der Waals surface area contributed by atoms with Crippen LogP contribution in [0.25, 0.3) is 5.76 Å². The van der Waals surface area contributed by atoms with E-state index < -0.39 is 29.3 Å². The van der Waals surface area contributed by atoms with Gasteiger partial charge < -0.3 is 9.84 Å². The van der Waals surface area contributed by atoms with Crippen molar-refractivity contribution in [3.05, 3.63) is 100 Å². The number of halogens is 2. The summed E-state index contributed by atoms with van der Waals surface area (Å²) in [5, 5.41) is 11.5. The molecule has 5 nitrogen and oxygen atoms in total. The fourth-order valence-electron chi connectivity index (χ4n) is 3.82. The van der Waals surface area contributed by atoms with Crippen LogP contribution in [0.1, 0.15) is 30.5 Å². The second kappa shape index (κ2) is 9.46. The molecule has 33 heavy (non-hydrogen) atoms. The molecule has 1 aliphatic rings. The van der Waals surface area contributed by atoms with Gasteiger partial charge in [0.05, 0.1) is 18.2 Å². The molecule has 4 rings (SSSR count). The molecular weight excluding hydrogens is 445 g/mol. The predicted octanol–water partition coefficient (Wildman–Crippen LogP) is 5.89. The number of aliphatic hydroxyl groups excluding tert-OH is 1. The van der Waals surface area contributed by atoms with Crippen LogP contribution in [0.3, 0.4) is 0 Å². The third-order valence-corrected chi connectivity index (χ3v) is 5.55. The molecule has 0 spiro atoms. The Morgan fingerprint density at radius 3 is 2.55 bits per heavy atom. The van der Waals surface area contributed by atoms with Crippen LogP contribution in [-0.2, 0) is 9.59 Å². The zero-order chi connectivity index (χ0) is 23.5. The number of hydrogen-bond donors (Lipinski definition) is 1. The normalized spacial score (nSPS) is 17.4. The predicted molar refractivity (Wildman–Crippen MR) is 125 cm³/mol. The molecule has 0 bridgehead atoms. The van der Waals surface area contributed by atoms with E-state index in [1.54, 1.807) is 48.5 Å². The van der Waals surface area contributed by atoms with Crippen molar-refractivity contribution in [2.45, 2.75) is 19.4 Å². The minimum atomic E-state index is -1.18. The number of ketones is 1. The fourth-order valence-corrected chi connectivity index (χ4v) is 4.01. The summed E-state index contributed by atoms with van der Waals surface area (Å²) < 4.78 is 20.5. The summed E-state index contributed by atoms with van der Waals surface area (Å²) in [5.74, 6) is -2.31. The lowest BCUT2D eigenvalue weighted by molar-refractivity contribution is -0.132. The molecule has 168 valence electrons. The molecule has 1 atom stereocenters. The number of nitrogens with zero attached hydrogens (tertiary/aromatic N) is 1. The van der Waals surface area contributed by atoms with E-state index in [9.17, 15) is 19.1 Å². The molecule has 0 saturated carbocycles. The minimum Gasteiger partial charge on any atom is -0.507 e. The summed E-state index contributed by atoms with van der Waals surface area (Å²) in [6.07, 6.45) is 0.800. The highest BCUT2D eigenvalue weighted by atomic mass is 35.5. The Morgan fingerprint density at radius 2 is 1.82 bits per heavy atom. The zero-order valence-corrected chi connectivity index (χ0v) is 18.6. The number of rotatable bonds is 6. The van der Waals surface area contributed by atoms with Gasteiger partial charge in [-0.25, -0.2) is 4.39 Å². The van der Waals surface area contributed by atoms with Crippen molar-refractivity contribution in [2.24, 2.45) is 0 Å². The number of Topliss-reactive ketones (excluding diaryl/α,β-unsaturated/α-hetero) is 1. The maximum atomic E-state index is 14.9. The van der Waals surface area contributed by atoms with Gasteiger partial charge in [-0.05, 0) is 42.8 Å². The van der Waals surface area contributed by atoms with Crippen LogP contribution in [0.5, 0.6) is 5.75 Å². The largest absolute Gasteiger partial charge is 0.507 e. The minimum absolute atomic E-state index is 0.0802. The van der Waals surface area contributed by atoms with E-state index in [0.717, 1.165) is 11.3 Å². The van der Waals surface area contributed by atoms with Crippen LogP contribution in [0.15, 0.2) is 78.4 Å². The summed E-state index contributed by atoms with van der Waals surface area (Å²) in [6, 6.07) is 17.6. The number of anilines is 1. The Bertz CT molecular complexity index is 1260. The van der Waals surface area contributed by atoms with Gasteiger partial charge in [-0.2, -0.15) is 0 Å². The first-order chi connectivity index (χ1) is 15.9. The zero-order valence-electron chi connectivity index (χ0n) is 17.8. The second-order valence-electron chi connectivity index (χ2n) is 7.55. The number of aliphatic hydroxyl groups is 1. The highest BCUT2D eigenvalue weighted by molar-refractivity contribution is 6.51. The van der Waals surface area contributed by atoms with Crippen LogP contribution < -0.4 is 9.64 Å². The van der Waals surface area contributed by atoms with E-state index in [0.29, 0.717) is 23.1 Å². The lowest BCUT2D eigenvalue weighted by atomic mass is 9.94. The lowest BCUT2D eigenvalue weighted by Gasteiger charge is -2.26. The first kappa shape index (κ1) is 22.6. The number of hydrogen-bond acceptors (Lipinski definition) is 4. The standard InChI is InChI=1S/C26H21ClFNO4/c1-2-13-33-19-10-5-7-16(14-19)24(30)22-23(20-11-3-4-12-21(20)28)29(26(32)25(22)31)18-9-6-8-17(27)15-18/h3-12,14-15,23,30H,2,13H2,1H3/b24-22+. The number of benzene rings is 3. The van der Waals surface area contributed by atoms with E-state index in [1.807, 2.05) is 6.92 Å². The molecule has 0 aromatic heterocycles. The van der Waals surface area contributed by atoms with Gasteiger partial charge in [0.2, 0.25) is 0 Å². The van der Waals surface area contributed by atoms with E-state index in [4.69, 9.17) is 16.3 Å². The Balaban J connectivity index is 1.91. The molecule has 3 aromatic carbocycles. The molecule has 1 fully saturated rings. The van der Waals surface area contributed by atoms with Crippen LogP contribution in [-0.4, -0.2) is 23.4 Å². The highest BCUT2D eigenvalue weighted by Crippen LogP contribution is 2.43. The van der Waals surface area contributed by atoms with Gasteiger partial charge in [0.15, 0.2) is 0 Å². The van der Waals surface area contributed by atoms with E-state index in [1.165, 1.54) is 24.3 Å². The van der Waals surface area contributed by atoms with Gasteiger partial charge in [-0.3, -0.25) is 14.5 Å². The molecule has 1 saturated heterocycles. The van der Waals surface area contributed by atoms with Crippen molar-refractivity contribution in [3.8, 4) is 5.75 Å². The maximum absolute atomic E-state index is 14.9. The molecule has 1 unspecified atom stereocenters. The summed E-state index contributed by atoms with van der Waals surface area (Å²) >= 11 is 6.11. The summed E-state index contributed by atoms with van der Waals surface area (Å²) in [6.45, 7) is 2.45. The number of amides is 1. The monoisotopic (exact) mass is 465 g/mol. The van der Waals surface area contributed by atoms with Gasteiger partial charge in [0, 0.05) is 21.8 Å². The molecule has 1 amide bonds. The lowest BCUT2D eigenvalue weighted by Crippen LogP contribution is -2.29. The molecule has 7 heteroatoms. The molecule has 0 aliphatic carbocycles. The van der Waals surface area contributed by atoms with Gasteiger partial charge in [-0.15, -0.1) is 0 Å². The van der Waals surface area contributed by atoms with E-state index in [-0.39, 0.29) is 16.7 Å². The second-order valence-corrected chi connectivity index (χ2v) is 7.98. The molecule has 1 heterocycles. The van der Waals surface area contributed by atoms with E-state index in [2.05, 4.69) is 0 Å². The Hall–Kier alpha value is -3.64. The van der Waals surface area contributed by atoms with Gasteiger partial charge in [-0.1, -0.05) is 54.9 Å². The third kappa shape index (κ3) is 4.34.